The van der Waals surface area contributed by atoms with E-state index < -0.39 is 0 Å². The zero-order chi connectivity index (χ0) is 17.4. The van der Waals surface area contributed by atoms with Gasteiger partial charge in [0.2, 0.25) is 11.8 Å². The first-order valence-corrected chi connectivity index (χ1v) is 8.27. The average Bonchev–Trinajstić information content (AvgIpc) is 3.37. The summed E-state index contributed by atoms with van der Waals surface area (Å²) >= 11 is 0. The van der Waals surface area contributed by atoms with E-state index in [-0.39, 0.29) is 17.7 Å². The molecule has 126 valence electrons. The number of aromatic amines is 1. The second kappa shape index (κ2) is 6.05. The third-order valence-corrected chi connectivity index (χ3v) is 4.27. The minimum atomic E-state index is -0.0998. The molecule has 6 heteroatoms. The molecule has 1 saturated carbocycles. The van der Waals surface area contributed by atoms with Crippen molar-refractivity contribution in [1.29, 1.82) is 0 Å². The van der Waals surface area contributed by atoms with Crippen LogP contribution in [-0.4, -0.2) is 22.0 Å². The lowest BCUT2D eigenvalue weighted by Crippen LogP contribution is -2.13. The molecule has 0 unspecified atom stereocenters. The van der Waals surface area contributed by atoms with Crippen LogP contribution in [-0.2, 0) is 9.59 Å². The first-order chi connectivity index (χ1) is 12.1. The number of anilines is 2. The molecule has 0 atom stereocenters. The molecule has 0 aliphatic heterocycles. The van der Waals surface area contributed by atoms with Crippen molar-refractivity contribution in [3.63, 3.8) is 0 Å². The summed E-state index contributed by atoms with van der Waals surface area (Å²) in [6, 6.07) is 13.6. The highest BCUT2D eigenvalue weighted by Crippen LogP contribution is 2.32. The molecular formula is C19H18N4O2. The third-order valence-electron chi connectivity index (χ3n) is 4.27. The first-order valence-electron chi connectivity index (χ1n) is 8.27. The number of H-pyrrole nitrogens is 1. The number of rotatable bonds is 4. The van der Waals surface area contributed by atoms with E-state index >= 15 is 0 Å². The smallest absolute Gasteiger partial charge is 0.228 e. The molecule has 2 amide bonds. The molecule has 0 radical (unpaired) electrons. The molecule has 0 spiro atoms. The van der Waals surface area contributed by atoms with Gasteiger partial charge in [0.05, 0.1) is 5.52 Å². The zero-order valence-electron chi connectivity index (χ0n) is 13.8. The Bertz CT molecular complexity index is 972. The standard InChI is InChI=1S/C19H18N4O2/c1-11(24)20-15-4-2-3-13(9-15)14-7-8-16-17(10-14)22-23-18(16)21-19(25)12-5-6-12/h2-4,7-10,12H,5-6H2,1H3,(H,20,24)(H2,21,22,23,25). The van der Waals surface area contributed by atoms with Crippen LogP contribution < -0.4 is 10.6 Å². The van der Waals surface area contributed by atoms with Gasteiger partial charge in [-0.1, -0.05) is 18.2 Å². The Labute approximate surface area is 144 Å². The van der Waals surface area contributed by atoms with Gasteiger partial charge in [0, 0.05) is 23.9 Å². The summed E-state index contributed by atoms with van der Waals surface area (Å²) in [5, 5.41) is 13.8. The summed E-state index contributed by atoms with van der Waals surface area (Å²) in [5.41, 5.74) is 3.61. The minimum absolute atomic E-state index is 0.0421. The fourth-order valence-electron chi connectivity index (χ4n) is 2.84. The fraction of sp³-hybridized carbons (Fsp3) is 0.211. The Hall–Kier alpha value is -3.15. The lowest BCUT2D eigenvalue weighted by atomic mass is 10.0. The maximum absolute atomic E-state index is 11.9. The molecule has 2 aromatic carbocycles. The van der Waals surface area contributed by atoms with E-state index in [0.29, 0.717) is 5.82 Å². The monoisotopic (exact) mass is 334 g/mol. The highest BCUT2D eigenvalue weighted by Gasteiger charge is 2.30. The maximum Gasteiger partial charge on any atom is 0.228 e. The number of nitrogens with one attached hydrogen (secondary N) is 3. The zero-order valence-corrected chi connectivity index (χ0v) is 13.8. The van der Waals surface area contributed by atoms with E-state index in [0.717, 1.165) is 40.6 Å². The van der Waals surface area contributed by atoms with E-state index in [4.69, 9.17) is 0 Å². The molecule has 1 aliphatic rings. The first kappa shape index (κ1) is 15.4. The topological polar surface area (TPSA) is 86.9 Å². The second-order valence-corrected chi connectivity index (χ2v) is 6.36. The Morgan fingerprint density at radius 2 is 1.88 bits per heavy atom. The van der Waals surface area contributed by atoms with E-state index in [1.807, 2.05) is 42.5 Å². The van der Waals surface area contributed by atoms with Gasteiger partial charge in [0.25, 0.3) is 0 Å². The summed E-state index contributed by atoms with van der Waals surface area (Å²) in [6.07, 6.45) is 1.92. The van der Waals surface area contributed by atoms with Crippen molar-refractivity contribution in [2.75, 3.05) is 10.6 Å². The molecule has 0 saturated heterocycles. The maximum atomic E-state index is 11.9. The van der Waals surface area contributed by atoms with Gasteiger partial charge in [-0.15, -0.1) is 0 Å². The minimum Gasteiger partial charge on any atom is -0.326 e. The van der Waals surface area contributed by atoms with Crippen LogP contribution in [0.25, 0.3) is 22.0 Å². The number of carbonyl (C=O) groups excluding carboxylic acids is 2. The van der Waals surface area contributed by atoms with Gasteiger partial charge >= 0.3 is 0 Å². The lowest BCUT2D eigenvalue weighted by molar-refractivity contribution is -0.117. The number of carbonyl (C=O) groups is 2. The average molecular weight is 334 g/mol. The predicted molar refractivity (Wildman–Crippen MR) is 97.2 cm³/mol. The van der Waals surface area contributed by atoms with Gasteiger partial charge in [-0.25, -0.2) is 0 Å². The number of benzene rings is 2. The molecule has 3 aromatic rings. The van der Waals surface area contributed by atoms with Gasteiger partial charge in [-0.2, -0.15) is 5.10 Å². The molecule has 1 fully saturated rings. The second-order valence-electron chi connectivity index (χ2n) is 6.36. The Morgan fingerprint density at radius 3 is 2.64 bits per heavy atom. The van der Waals surface area contributed by atoms with Crippen LogP contribution in [0.5, 0.6) is 0 Å². The summed E-state index contributed by atoms with van der Waals surface area (Å²) in [7, 11) is 0. The molecule has 1 heterocycles. The van der Waals surface area contributed by atoms with Crippen molar-refractivity contribution in [3.05, 3.63) is 42.5 Å². The number of hydrogen-bond acceptors (Lipinski definition) is 3. The molecule has 0 bridgehead atoms. The largest absolute Gasteiger partial charge is 0.326 e. The highest BCUT2D eigenvalue weighted by atomic mass is 16.2. The van der Waals surface area contributed by atoms with Gasteiger partial charge in [-0.3, -0.25) is 14.7 Å². The molecule has 6 nitrogen and oxygen atoms in total. The Morgan fingerprint density at radius 1 is 1.08 bits per heavy atom. The number of aromatic nitrogens is 2. The van der Waals surface area contributed by atoms with Gasteiger partial charge < -0.3 is 10.6 Å². The summed E-state index contributed by atoms with van der Waals surface area (Å²) < 4.78 is 0. The normalized spacial score (nSPS) is 13.6. The van der Waals surface area contributed by atoms with Crippen molar-refractivity contribution in [2.24, 2.45) is 5.92 Å². The van der Waals surface area contributed by atoms with E-state index in [1.54, 1.807) is 0 Å². The quantitative estimate of drug-likeness (QED) is 0.682. The van der Waals surface area contributed by atoms with Crippen LogP contribution in [0.2, 0.25) is 0 Å². The molecule has 1 aliphatic carbocycles. The summed E-state index contributed by atoms with van der Waals surface area (Å²) in [4.78, 5) is 23.2. The van der Waals surface area contributed by atoms with E-state index in [9.17, 15) is 9.59 Å². The Kier molecular flexibility index (Phi) is 3.72. The third kappa shape index (κ3) is 3.24. The van der Waals surface area contributed by atoms with Gasteiger partial charge in [0.15, 0.2) is 5.82 Å². The molecule has 25 heavy (non-hydrogen) atoms. The van der Waals surface area contributed by atoms with Crippen LogP contribution in [0.4, 0.5) is 11.5 Å². The Balaban J connectivity index is 1.63. The van der Waals surface area contributed by atoms with Crippen molar-refractivity contribution in [1.82, 2.24) is 10.2 Å². The van der Waals surface area contributed by atoms with Crippen LogP contribution in [0, 0.1) is 5.92 Å². The van der Waals surface area contributed by atoms with E-state index in [2.05, 4.69) is 20.8 Å². The SMILES string of the molecule is CC(=O)Nc1cccc(-c2ccc3c(NC(=O)C4CC4)n[nH]c3c2)c1. The molecule has 4 rings (SSSR count). The number of hydrogen-bond donors (Lipinski definition) is 3. The van der Waals surface area contributed by atoms with Crippen LogP contribution in [0.15, 0.2) is 42.5 Å². The number of amides is 2. The van der Waals surface area contributed by atoms with Crippen LogP contribution >= 0.6 is 0 Å². The fourth-order valence-corrected chi connectivity index (χ4v) is 2.84. The van der Waals surface area contributed by atoms with E-state index in [1.165, 1.54) is 6.92 Å². The summed E-state index contributed by atoms with van der Waals surface area (Å²) in [5.74, 6) is 0.658. The van der Waals surface area contributed by atoms with Crippen molar-refractivity contribution >= 4 is 34.2 Å². The van der Waals surface area contributed by atoms with Crippen LogP contribution in [0.3, 0.4) is 0 Å². The van der Waals surface area contributed by atoms with Crippen molar-refractivity contribution < 1.29 is 9.59 Å². The van der Waals surface area contributed by atoms with Crippen molar-refractivity contribution in [2.45, 2.75) is 19.8 Å². The molecule has 3 N–H and O–H groups in total. The van der Waals surface area contributed by atoms with Crippen LogP contribution in [0.1, 0.15) is 19.8 Å². The molecule has 1 aromatic heterocycles. The van der Waals surface area contributed by atoms with Gasteiger partial charge in [-0.05, 0) is 48.2 Å². The predicted octanol–water partition coefficient (Wildman–Crippen LogP) is 3.54. The summed E-state index contributed by atoms with van der Waals surface area (Å²) in [6.45, 7) is 1.49. The lowest BCUT2D eigenvalue weighted by Gasteiger charge is -2.06. The van der Waals surface area contributed by atoms with Crippen molar-refractivity contribution in [3.8, 4) is 11.1 Å². The van der Waals surface area contributed by atoms with Gasteiger partial charge in [0.1, 0.15) is 0 Å². The highest BCUT2D eigenvalue weighted by molar-refractivity contribution is 6.02. The number of nitrogens with zero attached hydrogens (tertiary/aromatic N) is 1. The number of fused-ring (bicyclic) bond motifs is 1. The molecular weight excluding hydrogens is 316 g/mol.